The third-order valence-corrected chi connectivity index (χ3v) is 8.75. The summed E-state index contributed by atoms with van der Waals surface area (Å²) >= 11 is 0. The van der Waals surface area contributed by atoms with E-state index in [-0.39, 0.29) is 17.0 Å². The monoisotopic (exact) mass is 543 g/mol. The topological polar surface area (TPSA) is 137 Å². The van der Waals surface area contributed by atoms with E-state index in [4.69, 9.17) is 17.1 Å². The third-order valence-electron chi connectivity index (χ3n) is 8.75. The zero-order valence-electron chi connectivity index (χ0n) is 22.7. The van der Waals surface area contributed by atoms with Crippen LogP contribution < -0.4 is 16.4 Å². The van der Waals surface area contributed by atoms with E-state index in [1.165, 1.54) is 12.5 Å². The molecule has 5 aromatic rings. The van der Waals surface area contributed by atoms with Crippen molar-refractivity contribution < 1.29 is 4.79 Å². The van der Waals surface area contributed by atoms with Gasteiger partial charge in [-0.05, 0) is 51.3 Å². The standard InChI is InChI=1S/C31H29N9O/c1-3-24-25(20-12-19-6-4-5-7-22(19)35-13-20)26-27(32)37-18-38-28(26)40(24)31-10-8-30(17-31,9-11-31)39-29(41)23-16-34-21(14-33-2)15-36-23/h1,4-7,12-13,15-16,18,33H,8-11,14,17H2,2H3,(H,39,41)(H2,32,37,38). The van der Waals surface area contributed by atoms with Gasteiger partial charge in [0.1, 0.15) is 29.2 Å². The number of carbonyl (C=O) groups excluding carboxylic acids is 1. The second-order valence-corrected chi connectivity index (χ2v) is 11.1. The molecule has 10 heteroatoms. The van der Waals surface area contributed by atoms with Crippen molar-refractivity contribution in [1.29, 1.82) is 0 Å². The highest BCUT2D eigenvalue weighted by atomic mass is 16.2. The number of benzene rings is 1. The predicted octanol–water partition coefficient (Wildman–Crippen LogP) is 3.56. The second kappa shape index (κ2) is 9.35. The smallest absolute Gasteiger partial charge is 0.271 e. The van der Waals surface area contributed by atoms with Crippen LogP contribution in [-0.4, -0.2) is 48.0 Å². The van der Waals surface area contributed by atoms with E-state index >= 15 is 0 Å². The fraction of sp³-hybridized carbons (Fsp3) is 0.290. The SMILES string of the molecule is C#Cc1c(-c2cnc3ccccc3c2)c2c(N)ncnc2n1C12CCC(NC(=O)c3cnc(CNC)cn3)(CC1)C2. The van der Waals surface area contributed by atoms with Gasteiger partial charge < -0.3 is 20.9 Å². The van der Waals surface area contributed by atoms with Gasteiger partial charge in [-0.3, -0.25) is 14.8 Å². The van der Waals surface area contributed by atoms with Crippen LogP contribution in [-0.2, 0) is 12.1 Å². The number of aromatic nitrogens is 6. The van der Waals surface area contributed by atoms with Gasteiger partial charge in [-0.1, -0.05) is 24.1 Å². The minimum atomic E-state index is -0.367. The van der Waals surface area contributed by atoms with E-state index in [2.05, 4.69) is 47.1 Å². The zero-order valence-corrected chi connectivity index (χ0v) is 22.7. The highest BCUT2D eigenvalue weighted by Crippen LogP contribution is 2.57. The van der Waals surface area contributed by atoms with Crippen LogP contribution in [0.2, 0.25) is 0 Å². The number of rotatable bonds is 6. The number of anilines is 1. The summed E-state index contributed by atoms with van der Waals surface area (Å²) in [6, 6.07) is 10.1. The Kier molecular flexibility index (Phi) is 5.73. The van der Waals surface area contributed by atoms with E-state index in [9.17, 15) is 4.79 Å². The summed E-state index contributed by atoms with van der Waals surface area (Å²) in [4.78, 5) is 35.7. The molecular weight excluding hydrogens is 514 g/mol. The summed E-state index contributed by atoms with van der Waals surface area (Å²) < 4.78 is 2.19. The molecule has 7 rings (SSSR count). The summed E-state index contributed by atoms with van der Waals surface area (Å²) in [5, 5.41) is 8.09. The number of amides is 1. The molecule has 0 saturated heterocycles. The Bertz CT molecular complexity index is 1860. The van der Waals surface area contributed by atoms with Gasteiger partial charge in [-0.15, -0.1) is 6.42 Å². The van der Waals surface area contributed by atoms with E-state index in [1.807, 2.05) is 37.5 Å². The van der Waals surface area contributed by atoms with Crippen molar-refractivity contribution in [2.24, 2.45) is 0 Å². The van der Waals surface area contributed by atoms with E-state index in [0.717, 1.165) is 65.2 Å². The van der Waals surface area contributed by atoms with Crippen molar-refractivity contribution in [1.82, 2.24) is 40.1 Å². The van der Waals surface area contributed by atoms with Crippen LogP contribution in [0.4, 0.5) is 5.82 Å². The van der Waals surface area contributed by atoms with Crippen LogP contribution >= 0.6 is 0 Å². The first-order valence-corrected chi connectivity index (χ1v) is 13.7. The summed E-state index contributed by atoms with van der Waals surface area (Å²) in [7, 11) is 1.84. The number of nitrogens with two attached hydrogens (primary N) is 1. The van der Waals surface area contributed by atoms with E-state index in [1.54, 1.807) is 6.20 Å². The summed E-state index contributed by atoms with van der Waals surface area (Å²) in [5.41, 5.74) is 10.9. The second-order valence-electron chi connectivity index (χ2n) is 11.1. The first-order chi connectivity index (χ1) is 20.0. The Morgan fingerprint density at radius 3 is 2.66 bits per heavy atom. The fourth-order valence-corrected chi connectivity index (χ4v) is 6.92. The van der Waals surface area contributed by atoms with Crippen molar-refractivity contribution in [2.75, 3.05) is 12.8 Å². The average Bonchev–Trinajstić information content (AvgIpc) is 3.66. The first kappa shape index (κ1) is 25.1. The van der Waals surface area contributed by atoms with Crippen LogP contribution in [0.25, 0.3) is 33.1 Å². The lowest BCUT2D eigenvalue weighted by molar-refractivity contribution is 0.0895. The van der Waals surface area contributed by atoms with Crippen LogP contribution in [0.5, 0.6) is 0 Å². The number of hydrogen-bond donors (Lipinski definition) is 3. The third kappa shape index (κ3) is 3.92. The maximum atomic E-state index is 13.3. The minimum Gasteiger partial charge on any atom is -0.383 e. The van der Waals surface area contributed by atoms with Gasteiger partial charge in [0, 0.05) is 40.3 Å². The molecule has 10 nitrogen and oxygen atoms in total. The van der Waals surface area contributed by atoms with Crippen molar-refractivity contribution in [3.8, 4) is 23.5 Å². The fourth-order valence-electron chi connectivity index (χ4n) is 6.92. The van der Waals surface area contributed by atoms with Gasteiger partial charge in [0.15, 0.2) is 0 Å². The molecule has 2 fully saturated rings. The molecule has 2 bridgehead atoms. The highest BCUT2D eigenvalue weighted by molar-refractivity contribution is 6.04. The van der Waals surface area contributed by atoms with Crippen molar-refractivity contribution in [2.45, 2.75) is 49.7 Å². The van der Waals surface area contributed by atoms with Crippen molar-refractivity contribution in [3.63, 3.8) is 0 Å². The highest BCUT2D eigenvalue weighted by Gasteiger charge is 2.57. The lowest BCUT2D eigenvalue weighted by Crippen LogP contribution is -2.45. The van der Waals surface area contributed by atoms with Crippen LogP contribution in [0, 0.1) is 12.3 Å². The van der Waals surface area contributed by atoms with Crippen molar-refractivity contribution >= 4 is 33.7 Å². The molecule has 2 aliphatic carbocycles. The number of carbonyl (C=O) groups is 1. The van der Waals surface area contributed by atoms with Crippen LogP contribution in [0.3, 0.4) is 0 Å². The molecule has 204 valence electrons. The average molecular weight is 544 g/mol. The Morgan fingerprint density at radius 1 is 1.07 bits per heavy atom. The molecule has 0 aliphatic heterocycles. The number of para-hydroxylation sites is 1. The minimum absolute atomic E-state index is 0.213. The number of pyridine rings is 1. The molecule has 2 saturated carbocycles. The molecule has 4 heterocycles. The normalized spacial score (nSPS) is 21.4. The molecule has 1 aromatic carbocycles. The van der Waals surface area contributed by atoms with E-state index in [0.29, 0.717) is 29.4 Å². The molecule has 0 radical (unpaired) electrons. The number of terminal acetylenes is 1. The summed E-state index contributed by atoms with van der Waals surface area (Å²) in [6.07, 6.45) is 16.8. The molecule has 4 aromatic heterocycles. The maximum absolute atomic E-state index is 13.3. The molecular formula is C31H29N9O. The van der Waals surface area contributed by atoms with Gasteiger partial charge in [-0.2, -0.15) is 0 Å². The predicted molar refractivity (Wildman–Crippen MR) is 157 cm³/mol. The molecule has 1 amide bonds. The molecule has 4 N–H and O–H groups in total. The summed E-state index contributed by atoms with van der Waals surface area (Å²) in [6.45, 7) is 0.592. The Hall–Kier alpha value is -4.88. The summed E-state index contributed by atoms with van der Waals surface area (Å²) in [5.74, 6) is 3.14. The molecule has 41 heavy (non-hydrogen) atoms. The molecule has 2 aliphatic rings. The van der Waals surface area contributed by atoms with Gasteiger partial charge in [0.2, 0.25) is 0 Å². The van der Waals surface area contributed by atoms with Crippen molar-refractivity contribution in [3.05, 3.63) is 72.3 Å². The Labute approximate surface area is 236 Å². The van der Waals surface area contributed by atoms with Gasteiger partial charge in [0.05, 0.1) is 29.0 Å². The Balaban J connectivity index is 1.29. The number of hydrogen-bond acceptors (Lipinski definition) is 8. The van der Waals surface area contributed by atoms with E-state index < -0.39 is 0 Å². The number of nitrogens with one attached hydrogen (secondary N) is 2. The van der Waals surface area contributed by atoms with Crippen LogP contribution in [0.1, 0.15) is 54.0 Å². The van der Waals surface area contributed by atoms with Gasteiger partial charge in [-0.25, -0.2) is 15.0 Å². The Morgan fingerprint density at radius 2 is 1.90 bits per heavy atom. The lowest BCUT2D eigenvalue weighted by atomic mass is 9.90. The van der Waals surface area contributed by atoms with Crippen LogP contribution in [0.15, 0.2) is 55.2 Å². The van der Waals surface area contributed by atoms with Gasteiger partial charge >= 0.3 is 0 Å². The number of nitrogens with zero attached hydrogens (tertiary/aromatic N) is 6. The van der Waals surface area contributed by atoms with Gasteiger partial charge in [0.25, 0.3) is 5.91 Å². The first-order valence-electron chi connectivity index (χ1n) is 13.7. The molecule has 0 unspecified atom stereocenters. The number of nitrogen functional groups attached to an aromatic ring is 1. The molecule has 0 spiro atoms. The molecule has 0 atom stereocenters. The largest absolute Gasteiger partial charge is 0.383 e. The maximum Gasteiger partial charge on any atom is 0.271 e. The zero-order chi connectivity index (χ0) is 28.2. The lowest BCUT2D eigenvalue weighted by Gasteiger charge is -2.30. The number of fused-ring (bicyclic) bond motifs is 4. The quantitative estimate of drug-likeness (QED) is 0.277.